The molecule has 21 heavy (non-hydrogen) atoms. The van der Waals surface area contributed by atoms with Crippen molar-refractivity contribution in [1.82, 2.24) is 5.32 Å². The maximum Gasteiger partial charge on any atom is 0.335 e. The van der Waals surface area contributed by atoms with Crippen molar-refractivity contribution in [1.29, 1.82) is 0 Å². The number of benzene rings is 1. The van der Waals surface area contributed by atoms with Gasteiger partial charge in [-0.1, -0.05) is 31.7 Å². The van der Waals surface area contributed by atoms with E-state index in [1.54, 1.807) is 6.07 Å². The molecule has 0 heterocycles. The Morgan fingerprint density at radius 3 is 2.67 bits per heavy atom. The molecule has 1 aromatic rings. The van der Waals surface area contributed by atoms with Gasteiger partial charge in [-0.2, -0.15) is 0 Å². The number of aromatic carboxylic acids is 1. The number of aryl methyl sites for hydroxylation is 1. The van der Waals surface area contributed by atoms with Crippen LogP contribution in [0.1, 0.15) is 48.0 Å². The number of carbonyl (C=O) groups excluding carboxylic acids is 1. The van der Waals surface area contributed by atoms with Gasteiger partial charge < -0.3 is 15.7 Å². The maximum absolute atomic E-state index is 11.8. The predicted molar refractivity (Wildman–Crippen MR) is 81.7 cm³/mol. The number of amides is 2. The fourth-order valence-electron chi connectivity index (χ4n) is 2.75. The highest BCUT2D eigenvalue weighted by molar-refractivity contribution is 5.93. The van der Waals surface area contributed by atoms with Crippen molar-refractivity contribution in [3.63, 3.8) is 0 Å². The first-order valence-corrected chi connectivity index (χ1v) is 7.45. The van der Waals surface area contributed by atoms with Gasteiger partial charge in [-0.15, -0.1) is 0 Å². The van der Waals surface area contributed by atoms with Gasteiger partial charge >= 0.3 is 12.0 Å². The summed E-state index contributed by atoms with van der Waals surface area (Å²) in [5.74, 6) is -0.262. The lowest BCUT2D eigenvalue weighted by Crippen LogP contribution is -2.30. The smallest absolute Gasteiger partial charge is 0.335 e. The SMILES string of the molecule is Cc1ccc(C(=O)O)cc1NC(=O)NCCC1CCCC1. The zero-order chi connectivity index (χ0) is 15.2. The van der Waals surface area contributed by atoms with E-state index in [0.717, 1.165) is 17.9 Å². The molecular formula is C16H22N2O3. The van der Waals surface area contributed by atoms with Crippen molar-refractivity contribution in [3.8, 4) is 0 Å². The van der Waals surface area contributed by atoms with Crippen molar-refractivity contribution in [2.24, 2.45) is 5.92 Å². The monoisotopic (exact) mass is 290 g/mol. The first-order valence-electron chi connectivity index (χ1n) is 7.45. The molecule has 5 nitrogen and oxygen atoms in total. The lowest BCUT2D eigenvalue weighted by atomic mass is 10.0. The van der Waals surface area contributed by atoms with Crippen LogP contribution in [0.2, 0.25) is 0 Å². The van der Waals surface area contributed by atoms with Crippen LogP contribution in [0.5, 0.6) is 0 Å². The largest absolute Gasteiger partial charge is 0.478 e. The number of rotatable bonds is 5. The Labute approximate surface area is 124 Å². The maximum atomic E-state index is 11.8. The summed E-state index contributed by atoms with van der Waals surface area (Å²) in [7, 11) is 0. The lowest BCUT2D eigenvalue weighted by Gasteiger charge is -2.12. The summed E-state index contributed by atoms with van der Waals surface area (Å²) in [4.78, 5) is 22.8. The molecule has 5 heteroatoms. The molecule has 0 aliphatic heterocycles. The molecular weight excluding hydrogens is 268 g/mol. The Hall–Kier alpha value is -2.04. The van der Waals surface area contributed by atoms with Gasteiger partial charge in [0, 0.05) is 12.2 Å². The van der Waals surface area contributed by atoms with Crippen molar-refractivity contribution in [2.45, 2.75) is 39.0 Å². The van der Waals surface area contributed by atoms with E-state index in [4.69, 9.17) is 5.11 Å². The van der Waals surface area contributed by atoms with Crippen molar-refractivity contribution >= 4 is 17.7 Å². The number of hydrogen-bond acceptors (Lipinski definition) is 2. The standard InChI is InChI=1S/C16H22N2O3/c1-11-6-7-13(15(19)20)10-14(11)18-16(21)17-9-8-12-4-2-3-5-12/h6-7,10,12H,2-5,8-9H2,1H3,(H,19,20)(H2,17,18,21). The van der Waals surface area contributed by atoms with E-state index < -0.39 is 5.97 Å². The number of carboxylic acid groups (broad SMARTS) is 1. The topological polar surface area (TPSA) is 78.4 Å². The molecule has 0 saturated heterocycles. The Kier molecular flexibility index (Phi) is 5.20. The summed E-state index contributed by atoms with van der Waals surface area (Å²) in [5.41, 5.74) is 1.54. The average molecular weight is 290 g/mol. The molecule has 0 atom stereocenters. The second-order valence-electron chi connectivity index (χ2n) is 5.65. The third kappa shape index (κ3) is 4.48. The molecule has 0 spiro atoms. The molecule has 1 aliphatic rings. The van der Waals surface area contributed by atoms with Gasteiger partial charge in [-0.05, 0) is 37.0 Å². The summed E-state index contributed by atoms with van der Waals surface area (Å²) in [6.07, 6.45) is 6.16. The molecule has 0 unspecified atom stereocenters. The molecule has 1 fully saturated rings. The number of carboxylic acids is 1. The van der Waals surface area contributed by atoms with E-state index in [2.05, 4.69) is 10.6 Å². The molecule has 2 amide bonds. The fraction of sp³-hybridized carbons (Fsp3) is 0.500. The minimum Gasteiger partial charge on any atom is -0.478 e. The summed E-state index contributed by atoms with van der Waals surface area (Å²) < 4.78 is 0. The summed E-state index contributed by atoms with van der Waals surface area (Å²) in [5, 5.41) is 14.5. The van der Waals surface area contributed by atoms with E-state index >= 15 is 0 Å². The first-order chi connectivity index (χ1) is 10.1. The van der Waals surface area contributed by atoms with Crippen LogP contribution in [0.15, 0.2) is 18.2 Å². The minimum absolute atomic E-state index is 0.168. The lowest BCUT2D eigenvalue weighted by molar-refractivity contribution is 0.0697. The molecule has 114 valence electrons. The Morgan fingerprint density at radius 2 is 2.00 bits per heavy atom. The van der Waals surface area contributed by atoms with Gasteiger partial charge in [-0.25, -0.2) is 9.59 Å². The normalized spacial score (nSPS) is 14.9. The van der Waals surface area contributed by atoms with E-state index in [-0.39, 0.29) is 11.6 Å². The predicted octanol–water partition coefficient (Wildman–Crippen LogP) is 3.40. The number of nitrogens with one attached hydrogen (secondary N) is 2. The van der Waals surface area contributed by atoms with Gasteiger partial charge in [0.2, 0.25) is 0 Å². The van der Waals surface area contributed by atoms with Crippen molar-refractivity contribution < 1.29 is 14.7 Å². The van der Waals surface area contributed by atoms with Gasteiger partial charge in [0.25, 0.3) is 0 Å². The van der Waals surface area contributed by atoms with E-state index in [1.807, 2.05) is 6.92 Å². The molecule has 2 rings (SSSR count). The molecule has 0 aromatic heterocycles. The van der Waals surface area contributed by atoms with Crippen LogP contribution in [0, 0.1) is 12.8 Å². The van der Waals surface area contributed by atoms with Crippen LogP contribution >= 0.6 is 0 Å². The van der Waals surface area contributed by atoms with Gasteiger partial charge in [0.1, 0.15) is 0 Å². The summed E-state index contributed by atoms with van der Waals surface area (Å²) in [6.45, 7) is 2.49. The molecule has 1 aliphatic carbocycles. The Morgan fingerprint density at radius 1 is 1.29 bits per heavy atom. The van der Waals surface area contributed by atoms with Gasteiger partial charge in [-0.3, -0.25) is 0 Å². The Bertz CT molecular complexity index is 522. The van der Waals surface area contributed by atoms with E-state index in [1.165, 1.54) is 37.8 Å². The van der Waals surface area contributed by atoms with E-state index in [9.17, 15) is 9.59 Å². The fourth-order valence-corrected chi connectivity index (χ4v) is 2.75. The molecule has 0 radical (unpaired) electrons. The van der Waals surface area contributed by atoms with E-state index in [0.29, 0.717) is 12.2 Å². The highest BCUT2D eigenvalue weighted by atomic mass is 16.4. The number of hydrogen-bond donors (Lipinski definition) is 3. The number of carbonyl (C=O) groups is 2. The molecule has 3 N–H and O–H groups in total. The van der Waals surface area contributed by atoms with Gasteiger partial charge in [0.05, 0.1) is 5.56 Å². The first kappa shape index (κ1) is 15.4. The third-order valence-electron chi connectivity index (χ3n) is 4.05. The highest BCUT2D eigenvalue weighted by Crippen LogP contribution is 2.26. The average Bonchev–Trinajstić information content (AvgIpc) is 2.94. The second-order valence-corrected chi connectivity index (χ2v) is 5.65. The van der Waals surface area contributed by atoms with Crippen LogP contribution in [-0.2, 0) is 0 Å². The number of urea groups is 1. The quantitative estimate of drug-likeness (QED) is 0.777. The van der Waals surface area contributed by atoms with Crippen LogP contribution in [0.25, 0.3) is 0 Å². The van der Waals surface area contributed by atoms with Crippen LogP contribution in [0.3, 0.4) is 0 Å². The minimum atomic E-state index is -1.00. The van der Waals surface area contributed by atoms with Crippen LogP contribution in [-0.4, -0.2) is 23.7 Å². The zero-order valence-corrected chi connectivity index (χ0v) is 12.3. The molecule has 1 aromatic carbocycles. The third-order valence-corrected chi connectivity index (χ3v) is 4.05. The second kappa shape index (κ2) is 7.11. The zero-order valence-electron chi connectivity index (χ0n) is 12.3. The summed E-state index contributed by atoms with van der Waals surface area (Å²) in [6, 6.07) is 4.42. The highest BCUT2D eigenvalue weighted by Gasteiger charge is 2.15. The van der Waals surface area contributed by atoms with Crippen molar-refractivity contribution in [3.05, 3.63) is 29.3 Å². The molecule has 1 saturated carbocycles. The number of anilines is 1. The van der Waals surface area contributed by atoms with Crippen LogP contribution < -0.4 is 10.6 Å². The van der Waals surface area contributed by atoms with Gasteiger partial charge in [0.15, 0.2) is 0 Å². The van der Waals surface area contributed by atoms with Crippen molar-refractivity contribution in [2.75, 3.05) is 11.9 Å². The molecule has 0 bridgehead atoms. The van der Waals surface area contributed by atoms with Crippen LogP contribution in [0.4, 0.5) is 10.5 Å². The summed E-state index contributed by atoms with van der Waals surface area (Å²) >= 11 is 0. The Balaban J connectivity index is 1.84.